The SMILES string of the molecule is CCC(C)C(C)(O)CNC(=O)c1ccsc1. The van der Waals surface area contributed by atoms with Crippen molar-refractivity contribution in [2.24, 2.45) is 5.92 Å². The number of carbonyl (C=O) groups is 1. The number of amides is 1. The maximum absolute atomic E-state index is 11.6. The first kappa shape index (κ1) is 13.2. The fourth-order valence-electron chi connectivity index (χ4n) is 1.37. The molecule has 0 aliphatic carbocycles. The highest BCUT2D eigenvalue weighted by atomic mass is 32.1. The minimum atomic E-state index is -0.847. The normalized spacial score (nSPS) is 16.5. The topological polar surface area (TPSA) is 49.3 Å². The van der Waals surface area contributed by atoms with Crippen molar-refractivity contribution in [1.82, 2.24) is 5.32 Å². The van der Waals surface area contributed by atoms with Gasteiger partial charge in [-0.3, -0.25) is 4.79 Å². The molecule has 1 amide bonds. The summed E-state index contributed by atoms with van der Waals surface area (Å²) in [5.74, 6) is 0.0418. The molecule has 0 spiro atoms. The van der Waals surface area contributed by atoms with Crippen LogP contribution in [0, 0.1) is 5.92 Å². The summed E-state index contributed by atoms with van der Waals surface area (Å²) in [6, 6.07) is 1.78. The quantitative estimate of drug-likeness (QED) is 0.831. The van der Waals surface area contributed by atoms with Gasteiger partial charge in [-0.05, 0) is 24.3 Å². The smallest absolute Gasteiger partial charge is 0.252 e. The van der Waals surface area contributed by atoms with Gasteiger partial charge in [0, 0.05) is 17.5 Å². The van der Waals surface area contributed by atoms with Crippen molar-refractivity contribution in [2.45, 2.75) is 32.8 Å². The van der Waals surface area contributed by atoms with Gasteiger partial charge in [-0.2, -0.15) is 11.3 Å². The third-order valence-corrected chi connectivity index (χ3v) is 3.75. The van der Waals surface area contributed by atoms with Crippen LogP contribution in [0.3, 0.4) is 0 Å². The summed E-state index contributed by atoms with van der Waals surface area (Å²) in [5, 5.41) is 16.5. The maximum Gasteiger partial charge on any atom is 0.252 e. The minimum absolute atomic E-state index is 0.121. The molecule has 90 valence electrons. The van der Waals surface area contributed by atoms with Crippen molar-refractivity contribution in [3.05, 3.63) is 22.4 Å². The highest BCUT2D eigenvalue weighted by molar-refractivity contribution is 7.08. The Labute approximate surface area is 100 Å². The van der Waals surface area contributed by atoms with Gasteiger partial charge in [0.05, 0.1) is 5.60 Å². The van der Waals surface area contributed by atoms with Crippen molar-refractivity contribution in [3.63, 3.8) is 0 Å². The Kier molecular flexibility index (Phi) is 4.50. The Hall–Kier alpha value is -0.870. The van der Waals surface area contributed by atoms with Gasteiger partial charge in [0.1, 0.15) is 0 Å². The van der Waals surface area contributed by atoms with Gasteiger partial charge in [0.2, 0.25) is 0 Å². The van der Waals surface area contributed by atoms with Crippen LogP contribution >= 0.6 is 11.3 Å². The second-order valence-corrected chi connectivity index (χ2v) is 5.14. The molecule has 1 heterocycles. The molecule has 3 nitrogen and oxygen atoms in total. The molecule has 4 heteroatoms. The van der Waals surface area contributed by atoms with Crippen LogP contribution in [0.4, 0.5) is 0 Å². The van der Waals surface area contributed by atoms with Gasteiger partial charge in [0.25, 0.3) is 5.91 Å². The third kappa shape index (κ3) is 3.32. The van der Waals surface area contributed by atoms with Crippen LogP contribution in [-0.4, -0.2) is 23.2 Å². The first-order valence-electron chi connectivity index (χ1n) is 5.50. The number of hydrogen-bond acceptors (Lipinski definition) is 3. The fraction of sp³-hybridized carbons (Fsp3) is 0.583. The zero-order valence-corrected chi connectivity index (χ0v) is 10.8. The van der Waals surface area contributed by atoms with Crippen LogP contribution in [0.1, 0.15) is 37.6 Å². The Morgan fingerprint density at radius 1 is 1.69 bits per heavy atom. The predicted octanol–water partition coefficient (Wildman–Crippen LogP) is 2.28. The summed E-state index contributed by atoms with van der Waals surface area (Å²) in [7, 11) is 0. The van der Waals surface area contributed by atoms with E-state index in [2.05, 4.69) is 5.32 Å². The molecule has 1 rings (SSSR count). The fourth-order valence-corrected chi connectivity index (χ4v) is 2.00. The average Bonchev–Trinajstić information content (AvgIpc) is 2.78. The first-order chi connectivity index (χ1) is 7.47. The van der Waals surface area contributed by atoms with E-state index in [0.717, 1.165) is 6.42 Å². The van der Waals surface area contributed by atoms with Gasteiger partial charge >= 0.3 is 0 Å². The van der Waals surface area contributed by atoms with Crippen molar-refractivity contribution in [3.8, 4) is 0 Å². The number of carbonyl (C=O) groups excluding carboxylic acids is 1. The summed E-state index contributed by atoms with van der Waals surface area (Å²) in [4.78, 5) is 11.6. The average molecular weight is 241 g/mol. The van der Waals surface area contributed by atoms with Crippen LogP contribution in [0.25, 0.3) is 0 Å². The van der Waals surface area contributed by atoms with Crippen LogP contribution in [-0.2, 0) is 0 Å². The van der Waals surface area contributed by atoms with Gasteiger partial charge < -0.3 is 10.4 Å². The molecule has 0 aliphatic heterocycles. The van der Waals surface area contributed by atoms with Crippen molar-refractivity contribution in [1.29, 1.82) is 0 Å². The Bertz CT molecular complexity index is 333. The summed E-state index contributed by atoms with van der Waals surface area (Å²) >= 11 is 1.49. The van der Waals surface area contributed by atoms with E-state index in [1.54, 1.807) is 18.4 Å². The summed E-state index contributed by atoms with van der Waals surface area (Å²) in [5.41, 5.74) is -0.189. The molecule has 2 atom stereocenters. The molecule has 0 saturated heterocycles. The Balaban J connectivity index is 2.48. The van der Waals surface area contributed by atoms with Crippen LogP contribution in [0.15, 0.2) is 16.8 Å². The van der Waals surface area contributed by atoms with Gasteiger partial charge in [0.15, 0.2) is 0 Å². The third-order valence-electron chi connectivity index (χ3n) is 3.06. The number of rotatable bonds is 5. The summed E-state index contributed by atoms with van der Waals surface area (Å²) in [6.07, 6.45) is 0.890. The Morgan fingerprint density at radius 3 is 2.88 bits per heavy atom. The Morgan fingerprint density at radius 2 is 2.38 bits per heavy atom. The van der Waals surface area contributed by atoms with Gasteiger partial charge in [-0.1, -0.05) is 20.3 Å². The van der Waals surface area contributed by atoms with Gasteiger partial charge in [-0.25, -0.2) is 0 Å². The van der Waals surface area contributed by atoms with Crippen molar-refractivity contribution >= 4 is 17.2 Å². The molecule has 2 N–H and O–H groups in total. The van der Waals surface area contributed by atoms with Crippen LogP contribution in [0.2, 0.25) is 0 Å². The maximum atomic E-state index is 11.6. The molecule has 0 aliphatic rings. The number of thiophene rings is 1. The lowest BCUT2D eigenvalue weighted by molar-refractivity contribution is 0.00593. The molecular formula is C12H19NO2S. The molecule has 0 saturated carbocycles. The highest BCUT2D eigenvalue weighted by Gasteiger charge is 2.27. The molecule has 0 fully saturated rings. The van der Waals surface area contributed by atoms with E-state index in [1.807, 2.05) is 19.2 Å². The largest absolute Gasteiger partial charge is 0.388 e. The molecule has 0 radical (unpaired) electrons. The minimum Gasteiger partial charge on any atom is -0.388 e. The molecular weight excluding hydrogens is 222 g/mol. The van der Waals surface area contributed by atoms with Crippen molar-refractivity contribution in [2.75, 3.05) is 6.54 Å². The lowest BCUT2D eigenvalue weighted by atomic mass is 9.88. The van der Waals surface area contributed by atoms with E-state index in [1.165, 1.54) is 11.3 Å². The lowest BCUT2D eigenvalue weighted by Gasteiger charge is -2.29. The zero-order chi connectivity index (χ0) is 12.2. The number of hydrogen-bond donors (Lipinski definition) is 2. The van der Waals surface area contributed by atoms with E-state index < -0.39 is 5.60 Å². The molecule has 1 aromatic heterocycles. The molecule has 2 unspecified atom stereocenters. The summed E-state index contributed by atoms with van der Waals surface area (Å²) < 4.78 is 0. The first-order valence-corrected chi connectivity index (χ1v) is 6.44. The standard InChI is InChI=1S/C12H19NO2S/c1-4-9(2)12(3,15)8-13-11(14)10-5-6-16-7-10/h5-7,9,15H,4,8H2,1-3H3,(H,13,14). The van der Waals surface area contributed by atoms with Gasteiger partial charge in [-0.15, -0.1) is 0 Å². The van der Waals surface area contributed by atoms with Crippen molar-refractivity contribution < 1.29 is 9.90 Å². The van der Waals surface area contributed by atoms with E-state index in [9.17, 15) is 9.90 Å². The molecule has 1 aromatic rings. The predicted molar refractivity (Wildman–Crippen MR) is 66.7 cm³/mol. The summed E-state index contributed by atoms with van der Waals surface area (Å²) in [6.45, 7) is 6.06. The zero-order valence-electron chi connectivity index (χ0n) is 9.99. The highest BCUT2D eigenvalue weighted by Crippen LogP contribution is 2.19. The van der Waals surface area contributed by atoms with Crippen LogP contribution < -0.4 is 5.32 Å². The van der Waals surface area contributed by atoms with E-state index >= 15 is 0 Å². The number of aliphatic hydroxyl groups is 1. The monoisotopic (exact) mass is 241 g/mol. The van der Waals surface area contributed by atoms with E-state index in [0.29, 0.717) is 5.56 Å². The lowest BCUT2D eigenvalue weighted by Crippen LogP contribution is -2.44. The molecule has 0 aromatic carbocycles. The van der Waals surface area contributed by atoms with Crippen LogP contribution in [0.5, 0.6) is 0 Å². The number of nitrogens with one attached hydrogen (secondary N) is 1. The second kappa shape index (κ2) is 5.46. The van der Waals surface area contributed by atoms with E-state index in [-0.39, 0.29) is 18.4 Å². The van der Waals surface area contributed by atoms with E-state index in [4.69, 9.17) is 0 Å². The second-order valence-electron chi connectivity index (χ2n) is 4.36. The molecule has 16 heavy (non-hydrogen) atoms. The molecule has 0 bridgehead atoms.